The van der Waals surface area contributed by atoms with E-state index in [1.807, 2.05) is 0 Å². The summed E-state index contributed by atoms with van der Waals surface area (Å²) in [6, 6.07) is -1.70. The lowest BCUT2D eigenvalue weighted by atomic mass is 10.1. The molecule has 0 saturated carbocycles. The van der Waals surface area contributed by atoms with E-state index < -0.39 is 37.2 Å². The van der Waals surface area contributed by atoms with Crippen LogP contribution in [0.5, 0.6) is 0 Å². The summed E-state index contributed by atoms with van der Waals surface area (Å²) in [6.45, 7) is -0.790. The van der Waals surface area contributed by atoms with Gasteiger partial charge in [-0.05, 0) is 6.42 Å². The van der Waals surface area contributed by atoms with E-state index in [-0.39, 0.29) is 12.8 Å². The summed E-state index contributed by atoms with van der Waals surface area (Å²) in [5, 5.41) is 28.0. The molecule has 7 nitrogen and oxygen atoms in total. The smallest absolute Gasteiger partial charge is 0.303 e. The quantitative estimate of drug-likeness (QED) is 0.326. The van der Waals surface area contributed by atoms with Crippen molar-refractivity contribution in [2.75, 3.05) is 13.2 Å². The number of carboxylic acid groups (broad SMARTS) is 1. The molecule has 0 rings (SSSR count). The molecule has 0 spiro atoms. The Morgan fingerprint density at radius 2 is 1.80 bits per heavy atom. The van der Waals surface area contributed by atoms with Crippen LogP contribution in [-0.4, -0.2) is 52.5 Å². The number of rotatable bonds is 7. The summed E-state index contributed by atoms with van der Waals surface area (Å²) in [5.41, 5.74) is 5.38. The molecule has 6 N–H and O–H groups in total. The van der Waals surface area contributed by atoms with Crippen molar-refractivity contribution >= 4 is 11.9 Å². The van der Waals surface area contributed by atoms with E-state index in [4.69, 9.17) is 21.1 Å². The summed E-state index contributed by atoms with van der Waals surface area (Å²) >= 11 is 0. The number of hydrogen-bond donors (Lipinski definition) is 5. The Balaban J connectivity index is 3.92. The number of amides is 1. The van der Waals surface area contributed by atoms with Crippen LogP contribution in [0.3, 0.4) is 0 Å². The lowest BCUT2D eigenvalue weighted by Crippen LogP contribution is -2.48. The fourth-order valence-electron chi connectivity index (χ4n) is 0.867. The van der Waals surface area contributed by atoms with Gasteiger partial charge in [0.2, 0.25) is 5.91 Å². The number of aliphatic carboxylic acids is 1. The Bertz CT molecular complexity index is 217. The van der Waals surface area contributed by atoms with E-state index in [1.54, 1.807) is 0 Å². The minimum atomic E-state index is -1.03. The zero-order valence-corrected chi connectivity index (χ0v) is 8.22. The second-order valence-electron chi connectivity index (χ2n) is 3.11. The van der Waals surface area contributed by atoms with Crippen molar-refractivity contribution in [3.63, 3.8) is 0 Å². The first-order valence-electron chi connectivity index (χ1n) is 4.50. The normalized spacial score (nSPS) is 12.5. The average Bonchev–Trinajstić information content (AvgIpc) is 2.21. The van der Waals surface area contributed by atoms with E-state index in [0.29, 0.717) is 0 Å². The van der Waals surface area contributed by atoms with Crippen molar-refractivity contribution in [3.05, 3.63) is 0 Å². The number of carbonyl (C=O) groups excluding carboxylic acids is 1. The molecular formula is C8H16N2O5. The number of aliphatic hydroxyl groups excluding tert-OH is 2. The molecule has 0 fully saturated rings. The molecule has 0 aliphatic carbocycles. The molecular weight excluding hydrogens is 204 g/mol. The van der Waals surface area contributed by atoms with Crippen LogP contribution in [0.15, 0.2) is 0 Å². The molecule has 0 saturated heterocycles. The largest absolute Gasteiger partial charge is 0.481 e. The standard InChI is InChI=1S/C8H16N2O5/c9-6(1-2-7(13)14)8(15)10-5(3-11)4-12/h5-6,11-12H,1-4,9H2,(H,10,15)(H,13,14). The van der Waals surface area contributed by atoms with E-state index in [2.05, 4.69) is 5.32 Å². The van der Waals surface area contributed by atoms with Gasteiger partial charge >= 0.3 is 5.97 Å². The molecule has 0 aliphatic heterocycles. The molecule has 0 heterocycles. The van der Waals surface area contributed by atoms with E-state index in [1.165, 1.54) is 0 Å². The highest BCUT2D eigenvalue weighted by Crippen LogP contribution is 1.95. The second-order valence-corrected chi connectivity index (χ2v) is 3.11. The molecule has 0 aromatic heterocycles. The Morgan fingerprint density at radius 3 is 2.20 bits per heavy atom. The van der Waals surface area contributed by atoms with Gasteiger partial charge < -0.3 is 26.4 Å². The summed E-state index contributed by atoms with van der Waals surface area (Å²) in [5.74, 6) is -1.61. The highest BCUT2D eigenvalue weighted by Gasteiger charge is 2.17. The van der Waals surface area contributed by atoms with Crippen LogP contribution in [-0.2, 0) is 9.59 Å². The molecule has 0 aromatic rings. The molecule has 0 aliphatic rings. The SMILES string of the molecule is NC(CCC(=O)O)C(=O)NC(CO)CO. The summed E-state index contributed by atoms with van der Waals surface area (Å²) in [6.07, 6.45) is -0.178. The number of carbonyl (C=O) groups is 2. The molecule has 0 aromatic carbocycles. The Morgan fingerprint density at radius 1 is 1.27 bits per heavy atom. The fraction of sp³-hybridized carbons (Fsp3) is 0.750. The van der Waals surface area contributed by atoms with Crippen molar-refractivity contribution < 1.29 is 24.9 Å². The van der Waals surface area contributed by atoms with Crippen molar-refractivity contribution in [1.29, 1.82) is 0 Å². The lowest BCUT2D eigenvalue weighted by Gasteiger charge is -2.16. The van der Waals surface area contributed by atoms with Crippen molar-refractivity contribution in [1.82, 2.24) is 5.32 Å². The average molecular weight is 220 g/mol. The summed E-state index contributed by atoms with van der Waals surface area (Å²) in [4.78, 5) is 21.4. The van der Waals surface area contributed by atoms with Gasteiger partial charge in [0, 0.05) is 6.42 Å². The van der Waals surface area contributed by atoms with Crippen LogP contribution in [0.2, 0.25) is 0 Å². The zero-order valence-electron chi connectivity index (χ0n) is 8.22. The van der Waals surface area contributed by atoms with Crippen LogP contribution in [0, 0.1) is 0 Å². The minimum absolute atomic E-state index is 0.0186. The van der Waals surface area contributed by atoms with Crippen molar-refractivity contribution in [2.24, 2.45) is 5.73 Å². The molecule has 0 radical (unpaired) electrons. The summed E-state index contributed by atoms with van der Waals surface area (Å²) < 4.78 is 0. The highest BCUT2D eigenvalue weighted by molar-refractivity contribution is 5.82. The first-order chi connectivity index (χ1) is 7.01. The van der Waals surface area contributed by atoms with E-state index in [0.717, 1.165) is 0 Å². The van der Waals surface area contributed by atoms with Gasteiger partial charge in [0.05, 0.1) is 25.3 Å². The van der Waals surface area contributed by atoms with Gasteiger partial charge in [-0.25, -0.2) is 0 Å². The molecule has 1 unspecified atom stereocenters. The van der Waals surface area contributed by atoms with Crippen LogP contribution in [0.1, 0.15) is 12.8 Å². The second kappa shape index (κ2) is 7.16. The summed E-state index contributed by atoms with van der Waals surface area (Å²) in [7, 11) is 0. The van der Waals surface area contributed by atoms with Crippen LogP contribution >= 0.6 is 0 Å². The third kappa shape index (κ3) is 6.00. The number of aliphatic hydroxyl groups is 2. The molecule has 88 valence electrons. The molecule has 0 bridgehead atoms. The Kier molecular flexibility index (Phi) is 6.59. The van der Waals surface area contributed by atoms with Gasteiger partial charge in [0.1, 0.15) is 0 Å². The first-order valence-corrected chi connectivity index (χ1v) is 4.50. The first kappa shape index (κ1) is 13.8. The van der Waals surface area contributed by atoms with Crippen molar-refractivity contribution in [2.45, 2.75) is 24.9 Å². The molecule has 1 amide bonds. The number of nitrogens with one attached hydrogen (secondary N) is 1. The maximum Gasteiger partial charge on any atom is 0.303 e. The van der Waals surface area contributed by atoms with Gasteiger partial charge in [-0.15, -0.1) is 0 Å². The van der Waals surface area contributed by atoms with Crippen LogP contribution < -0.4 is 11.1 Å². The topological polar surface area (TPSA) is 133 Å². The van der Waals surface area contributed by atoms with Gasteiger partial charge in [-0.2, -0.15) is 0 Å². The van der Waals surface area contributed by atoms with Crippen LogP contribution in [0.25, 0.3) is 0 Å². The molecule has 1 atom stereocenters. The fourth-order valence-corrected chi connectivity index (χ4v) is 0.867. The van der Waals surface area contributed by atoms with Gasteiger partial charge in [0.25, 0.3) is 0 Å². The molecule has 15 heavy (non-hydrogen) atoms. The lowest BCUT2D eigenvalue weighted by molar-refractivity contribution is -0.137. The Hall–Kier alpha value is -1.18. The third-order valence-electron chi connectivity index (χ3n) is 1.79. The maximum atomic E-state index is 11.2. The predicted octanol–water partition coefficient (Wildman–Crippen LogP) is -2.35. The van der Waals surface area contributed by atoms with E-state index in [9.17, 15) is 9.59 Å². The zero-order chi connectivity index (χ0) is 11.8. The van der Waals surface area contributed by atoms with Gasteiger partial charge in [-0.1, -0.05) is 0 Å². The molecule has 7 heteroatoms. The predicted molar refractivity (Wildman–Crippen MR) is 50.9 cm³/mol. The van der Waals surface area contributed by atoms with Crippen molar-refractivity contribution in [3.8, 4) is 0 Å². The Labute approximate surface area is 86.9 Å². The monoisotopic (exact) mass is 220 g/mol. The maximum absolute atomic E-state index is 11.2. The van der Waals surface area contributed by atoms with E-state index >= 15 is 0 Å². The number of hydrogen-bond acceptors (Lipinski definition) is 5. The van der Waals surface area contributed by atoms with Gasteiger partial charge in [-0.3, -0.25) is 9.59 Å². The number of nitrogens with two attached hydrogens (primary N) is 1. The van der Waals surface area contributed by atoms with Crippen LogP contribution in [0.4, 0.5) is 0 Å². The third-order valence-corrected chi connectivity index (χ3v) is 1.79. The van der Waals surface area contributed by atoms with Gasteiger partial charge in [0.15, 0.2) is 0 Å². The highest BCUT2D eigenvalue weighted by atomic mass is 16.4. The number of carboxylic acids is 1. The minimum Gasteiger partial charge on any atom is -0.481 e.